The van der Waals surface area contributed by atoms with Crippen molar-refractivity contribution in [3.05, 3.63) is 30.3 Å². The van der Waals surface area contributed by atoms with Crippen LogP contribution in [0, 0.1) is 0 Å². The number of anilines is 1. The number of ether oxygens (including phenoxy) is 1. The number of methoxy groups -OCH3 is 1. The molecule has 0 aliphatic rings. The van der Waals surface area contributed by atoms with Crippen molar-refractivity contribution in [2.75, 3.05) is 25.5 Å². The van der Waals surface area contributed by atoms with E-state index in [2.05, 4.69) is 10.6 Å². The highest BCUT2D eigenvalue weighted by Gasteiger charge is 2.16. The van der Waals surface area contributed by atoms with Crippen LogP contribution in [0.2, 0.25) is 0 Å². The smallest absolute Gasteiger partial charge is 0.239 e. The van der Waals surface area contributed by atoms with Gasteiger partial charge >= 0.3 is 0 Å². The second kappa shape index (κ2) is 6.25. The van der Waals surface area contributed by atoms with Gasteiger partial charge in [-0.25, -0.2) is 0 Å². The molecule has 0 heterocycles. The highest BCUT2D eigenvalue weighted by Crippen LogP contribution is 2.05. The molecule has 0 saturated heterocycles. The van der Waals surface area contributed by atoms with Crippen LogP contribution < -0.4 is 10.6 Å². The fourth-order valence-electron chi connectivity index (χ4n) is 1.18. The van der Waals surface area contributed by atoms with Gasteiger partial charge in [-0.15, -0.1) is 0 Å². The molecule has 1 aromatic carbocycles. The number of rotatable bonds is 6. The predicted octanol–water partition coefficient (Wildman–Crippen LogP) is 1.64. The molecule has 0 aliphatic carbocycles. The Morgan fingerprint density at radius 1 is 1.29 bits per heavy atom. The van der Waals surface area contributed by atoms with E-state index < -0.39 is 0 Å². The Hall–Kier alpha value is -1.55. The van der Waals surface area contributed by atoms with Gasteiger partial charge in [-0.05, 0) is 26.0 Å². The fourth-order valence-corrected chi connectivity index (χ4v) is 1.18. The zero-order valence-corrected chi connectivity index (χ0v) is 10.6. The summed E-state index contributed by atoms with van der Waals surface area (Å²) in [7, 11) is 1.63. The maximum absolute atomic E-state index is 11.5. The molecular formula is C13H20N2O2. The molecule has 0 aromatic heterocycles. The molecule has 0 radical (unpaired) electrons. The molecule has 1 rings (SSSR count). The summed E-state index contributed by atoms with van der Waals surface area (Å²) in [6.07, 6.45) is 0. The van der Waals surface area contributed by atoms with E-state index in [1.165, 1.54) is 0 Å². The average Bonchev–Trinajstić information content (AvgIpc) is 2.35. The van der Waals surface area contributed by atoms with Crippen molar-refractivity contribution < 1.29 is 9.53 Å². The minimum absolute atomic E-state index is 0.0426. The number of hydrogen-bond donors (Lipinski definition) is 2. The zero-order valence-electron chi connectivity index (χ0n) is 10.6. The molecule has 0 atom stereocenters. The first-order chi connectivity index (χ1) is 8.03. The minimum Gasteiger partial charge on any atom is -0.377 e. The molecule has 94 valence electrons. The van der Waals surface area contributed by atoms with E-state index in [4.69, 9.17) is 4.74 Å². The lowest BCUT2D eigenvalue weighted by Gasteiger charge is -2.23. The largest absolute Gasteiger partial charge is 0.377 e. The Labute approximate surface area is 102 Å². The molecule has 1 amide bonds. The molecule has 0 spiro atoms. The van der Waals surface area contributed by atoms with Crippen molar-refractivity contribution >= 4 is 11.6 Å². The standard InChI is InChI=1S/C13H20N2O2/c1-13(2,17-3)10-15-12(16)9-14-11-7-5-4-6-8-11/h4-8,14H,9-10H2,1-3H3,(H,15,16). The van der Waals surface area contributed by atoms with E-state index in [0.717, 1.165) is 5.69 Å². The molecule has 4 nitrogen and oxygen atoms in total. The minimum atomic E-state index is -0.331. The number of carbonyl (C=O) groups is 1. The van der Waals surface area contributed by atoms with Crippen LogP contribution in [0.3, 0.4) is 0 Å². The molecule has 0 bridgehead atoms. The number of para-hydroxylation sites is 1. The number of hydrogen-bond acceptors (Lipinski definition) is 3. The summed E-state index contributed by atoms with van der Waals surface area (Å²) in [5.41, 5.74) is 0.608. The van der Waals surface area contributed by atoms with Crippen molar-refractivity contribution in [1.29, 1.82) is 0 Å². The van der Waals surface area contributed by atoms with Gasteiger partial charge in [0.2, 0.25) is 5.91 Å². The summed E-state index contributed by atoms with van der Waals surface area (Å²) in [4.78, 5) is 11.5. The number of benzene rings is 1. The van der Waals surface area contributed by atoms with Crippen LogP contribution in [-0.2, 0) is 9.53 Å². The predicted molar refractivity (Wildman–Crippen MR) is 69.0 cm³/mol. The fraction of sp³-hybridized carbons (Fsp3) is 0.462. The first kappa shape index (κ1) is 13.5. The monoisotopic (exact) mass is 236 g/mol. The highest BCUT2D eigenvalue weighted by molar-refractivity contribution is 5.80. The summed E-state index contributed by atoms with van der Waals surface area (Å²) in [5.74, 6) is -0.0426. The second-order valence-electron chi connectivity index (χ2n) is 4.46. The summed E-state index contributed by atoms with van der Waals surface area (Å²) >= 11 is 0. The topological polar surface area (TPSA) is 50.4 Å². The van der Waals surface area contributed by atoms with Crippen LogP contribution in [0.25, 0.3) is 0 Å². The SMILES string of the molecule is COC(C)(C)CNC(=O)CNc1ccccc1. The molecule has 2 N–H and O–H groups in total. The Morgan fingerprint density at radius 3 is 2.53 bits per heavy atom. The quantitative estimate of drug-likeness (QED) is 0.789. The molecule has 0 unspecified atom stereocenters. The van der Waals surface area contributed by atoms with Crippen LogP contribution >= 0.6 is 0 Å². The van der Waals surface area contributed by atoms with Gasteiger partial charge in [0.15, 0.2) is 0 Å². The highest BCUT2D eigenvalue weighted by atomic mass is 16.5. The Morgan fingerprint density at radius 2 is 1.94 bits per heavy atom. The van der Waals surface area contributed by atoms with E-state index in [0.29, 0.717) is 6.54 Å². The lowest BCUT2D eigenvalue weighted by atomic mass is 10.1. The Kier molecular flexibility index (Phi) is 4.97. The third kappa shape index (κ3) is 5.36. The molecule has 0 fully saturated rings. The van der Waals surface area contributed by atoms with Crippen molar-refractivity contribution in [1.82, 2.24) is 5.32 Å². The van der Waals surface area contributed by atoms with Gasteiger partial charge in [0.1, 0.15) is 0 Å². The van der Waals surface area contributed by atoms with Gasteiger partial charge in [0.25, 0.3) is 0 Å². The van der Waals surface area contributed by atoms with E-state index >= 15 is 0 Å². The number of carbonyl (C=O) groups excluding carboxylic acids is 1. The van der Waals surface area contributed by atoms with Crippen molar-refractivity contribution in [3.8, 4) is 0 Å². The maximum atomic E-state index is 11.5. The first-order valence-corrected chi connectivity index (χ1v) is 5.64. The van der Waals surface area contributed by atoms with Gasteiger partial charge < -0.3 is 15.4 Å². The molecule has 17 heavy (non-hydrogen) atoms. The van der Waals surface area contributed by atoms with E-state index in [1.807, 2.05) is 44.2 Å². The Balaban J connectivity index is 2.27. The van der Waals surface area contributed by atoms with E-state index in [1.54, 1.807) is 7.11 Å². The summed E-state index contributed by atoms with van der Waals surface area (Å²) in [6.45, 7) is 4.62. The molecular weight excluding hydrogens is 216 g/mol. The summed E-state index contributed by atoms with van der Waals surface area (Å²) in [5, 5.41) is 5.86. The summed E-state index contributed by atoms with van der Waals surface area (Å²) in [6, 6.07) is 9.63. The van der Waals surface area contributed by atoms with Crippen molar-refractivity contribution in [3.63, 3.8) is 0 Å². The lowest BCUT2D eigenvalue weighted by molar-refractivity contribution is -0.120. The number of amides is 1. The van der Waals surface area contributed by atoms with E-state index in [-0.39, 0.29) is 18.1 Å². The van der Waals surface area contributed by atoms with Crippen LogP contribution in [0.5, 0.6) is 0 Å². The average molecular weight is 236 g/mol. The van der Waals surface area contributed by atoms with Crippen LogP contribution in [0.1, 0.15) is 13.8 Å². The van der Waals surface area contributed by atoms with Gasteiger partial charge in [-0.1, -0.05) is 18.2 Å². The Bertz CT molecular complexity index is 350. The van der Waals surface area contributed by atoms with Crippen LogP contribution in [0.4, 0.5) is 5.69 Å². The maximum Gasteiger partial charge on any atom is 0.239 e. The van der Waals surface area contributed by atoms with Gasteiger partial charge in [-0.3, -0.25) is 4.79 Å². The summed E-state index contributed by atoms with van der Waals surface area (Å²) < 4.78 is 5.22. The second-order valence-corrected chi connectivity index (χ2v) is 4.46. The normalized spacial score (nSPS) is 11.0. The van der Waals surface area contributed by atoms with Crippen molar-refractivity contribution in [2.45, 2.75) is 19.4 Å². The van der Waals surface area contributed by atoms with Gasteiger partial charge in [0.05, 0.1) is 12.1 Å². The third-order valence-corrected chi connectivity index (χ3v) is 2.49. The zero-order chi connectivity index (χ0) is 12.7. The van der Waals surface area contributed by atoms with Crippen molar-refractivity contribution in [2.24, 2.45) is 0 Å². The van der Waals surface area contributed by atoms with E-state index in [9.17, 15) is 4.79 Å². The van der Waals surface area contributed by atoms with Crippen LogP contribution in [-0.4, -0.2) is 31.7 Å². The molecule has 0 aliphatic heterocycles. The molecule has 0 saturated carbocycles. The van der Waals surface area contributed by atoms with Crippen LogP contribution in [0.15, 0.2) is 30.3 Å². The van der Waals surface area contributed by atoms with Gasteiger partial charge in [0, 0.05) is 19.3 Å². The first-order valence-electron chi connectivity index (χ1n) is 5.64. The lowest BCUT2D eigenvalue weighted by Crippen LogP contribution is -2.41. The molecule has 4 heteroatoms. The number of nitrogens with one attached hydrogen (secondary N) is 2. The molecule has 1 aromatic rings. The third-order valence-electron chi connectivity index (χ3n) is 2.49. The van der Waals surface area contributed by atoms with Gasteiger partial charge in [-0.2, -0.15) is 0 Å².